The maximum absolute atomic E-state index is 5.89. The summed E-state index contributed by atoms with van der Waals surface area (Å²) in [7, 11) is 0. The van der Waals surface area contributed by atoms with Gasteiger partial charge in [-0.05, 0) is 49.6 Å². The molecule has 0 amide bonds. The Morgan fingerprint density at radius 3 is 2.67 bits per heavy atom. The molecule has 2 heteroatoms. The summed E-state index contributed by atoms with van der Waals surface area (Å²) < 4.78 is 5.89. The molecular weight excluding hydrogens is 204 g/mol. The first-order valence-corrected chi connectivity index (χ1v) is 6.09. The Morgan fingerprint density at radius 1 is 1.33 bits per heavy atom. The highest BCUT2D eigenvalue weighted by molar-refractivity contribution is 7.80. The van der Waals surface area contributed by atoms with Crippen LogP contribution in [-0.4, -0.2) is 12.4 Å². The van der Waals surface area contributed by atoms with E-state index >= 15 is 0 Å². The zero-order valence-electron chi connectivity index (χ0n) is 9.42. The highest BCUT2D eigenvalue weighted by Gasteiger charge is 2.42. The summed E-state index contributed by atoms with van der Waals surface area (Å²) in [6.45, 7) is 5.01. The fourth-order valence-corrected chi connectivity index (χ4v) is 2.03. The second-order valence-corrected chi connectivity index (χ2v) is 5.03. The molecular formula is C13H18OS. The number of aryl methyl sites for hydroxylation is 2. The van der Waals surface area contributed by atoms with E-state index in [0.717, 1.165) is 18.1 Å². The maximum atomic E-state index is 5.89. The highest BCUT2D eigenvalue weighted by Crippen LogP contribution is 2.46. The zero-order valence-corrected chi connectivity index (χ0v) is 10.3. The van der Waals surface area contributed by atoms with Gasteiger partial charge in [0.05, 0.1) is 6.61 Å². The molecule has 0 radical (unpaired) electrons. The third-order valence-electron chi connectivity index (χ3n) is 3.17. The predicted octanol–water partition coefficient (Wildman–Crippen LogP) is 3.39. The van der Waals surface area contributed by atoms with E-state index in [2.05, 4.69) is 44.7 Å². The summed E-state index contributed by atoms with van der Waals surface area (Å²) in [4.78, 5) is 0. The number of thiol groups is 1. The van der Waals surface area contributed by atoms with Crippen molar-refractivity contribution < 1.29 is 4.74 Å². The lowest BCUT2D eigenvalue weighted by Gasteiger charge is -2.15. The van der Waals surface area contributed by atoms with Crippen LogP contribution in [0.2, 0.25) is 0 Å². The minimum absolute atomic E-state index is 0.374. The molecule has 1 aromatic carbocycles. The molecule has 0 unspecified atom stereocenters. The summed E-state index contributed by atoms with van der Waals surface area (Å²) >= 11 is 4.38. The Kier molecular flexibility index (Phi) is 2.96. The van der Waals surface area contributed by atoms with Crippen molar-refractivity contribution in [3.63, 3.8) is 0 Å². The van der Waals surface area contributed by atoms with Gasteiger partial charge in [-0.25, -0.2) is 0 Å². The third kappa shape index (κ3) is 2.49. The second-order valence-electron chi connectivity index (χ2n) is 4.72. The van der Waals surface area contributed by atoms with Crippen LogP contribution in [0.4, 0.5) is 0 Å². The van der Waals surface area contributed by atoms with E-state index in [1.807, 2.05) is 0 Å². The molecule has 1 aliphatic rings. The van der Waals surface area contributed by atoms with Crippen LogP contribution in [0.15, 0.2) is 18.2 Å². The molecule has 0 bridgehead atoms. The van der Waals surface area contributed by atoms with Gasteiger partial charge in [-0.15, -0.1) is 0 Å². The Morgan fingerprint density at radius 2 is 2.07 bits per heavy atom. The molecule has 0 atom stereocenters. The van der Waals surface area contributed by atoms with Crippen LogP contribution in [0.25, 0.3) is 0 Å². The summed E-state index contributed by atoms with van der Waals surface area (Å²) in [5.41, 5.74) is 2.85. The van der Waals surface area contributed by atoms with Crippen LogP contribution in [0.1, 0.15) is 24.0 Å². The van der Waals surface area contributed by atoms with Crippen LogP contribution >= 0.6 is 12.6 Å². The van der Waals surface area contributed by atoms with Gasteiger partial charge in [-0.3, -0.25) is 0 Å². The monoisotopic (exact) mass is 222 g/mol. The molecule has 1 aromatic rings. The van der Waals surface area contributed by atoms with E-state index in [1.165, 1.54) is 24.0 Å². The van der Waals surface area contributed by atoms with E-state index in [4.69, 9.17) is 4.74 Å². The highest BCUT2D eigenvalue weighted by atomic mass is 32.1. The van der Waals surface area contributed by atoms with Crippen molar-refractivity contribution in [2.45, 2.75) is 26.7 Å². The lowest BCUT2D eigenvalue weighted by molar-refractivity contribution is 0.249. The topological polar surface area (TPSA) is 9.23 Å². The van der Waals surface area contributed by atoms with Crippen LogP contribution in [-0.2, 0) is 0 Å². The molecule has 0 spiro atoms. The minimum Gasteiger partial charge on any atom is -0.493 e. The molecule has 15 heavy (non-hydrogen) atoms. The van der Waals surface area contributed by atoms with Crippen molar-refractivity contribution >= 4 is 12.6 Å². The van der Waals surface area contributed by atoms with Crippen molar-refractivity contribution in [2.75, 3.05) is 12.4 Å². The van der Waals surface area contributed by atoms with Gasteiger partial charge in [0, 0.05) is 5.41 Å². The standard InChI is InChI=1S/C13H18OS/c1-10-3-4-11(2)12(7-10)14-8-13(9-15)5-6-13/h3-4,7,15H,5-6,8-9H2,1-2H3. The van der Waals surface area contributed by atoms with E-state index < -0.39 is 0 Å². The molecule has 1 fully saturated rings. The van der Waals surface area contributed by atoms with Gasteiger partial charge in [0.25, 0.3) is 0 Å². The summed E-state index contributed by atoms with van der Waals surface area (Å²) in [5.74, 6) is 1.97. The molecule has 0 N–H and O–H groups in total. The SMILES string of the molecule is Cc1ccc(C)c(OCC2(CS)CC2)c1. The molecule has 0 aliphatic heterocycles. The zero-order chi connectivity index (χ0) is 10.9. The van der Waals surface area contributed by atoms with E-state index in [1.54, 1.807) is 0 Å². The molecule has 0 aromatic heterocycles. The quantitative estimate of drug-likeness (QED) is 0.768. The molecule has 1 saturated carbocycles. The molecule has 1 aliphatic carbocycles. The number of hydrogen-bond donors (Lipinski definition) is 1. The fourth-order valence-electron chi connectivity index (χ4n) is 1.62. The van der Waals surface area contributed by atoms with Crippen molar-refractivity contribution in [3.8, 4) is 5.75 Å². The Labute approximate surface area is 97.2 Å². The van der Waals surface area contributed by atoms with Crippen LogP contribution in [0.3, 0.4) is 0 Å². The third-order valence-corrected chi connectivity index (χ3v) is 3.84. The normalized spacial score (nSPS) is 17.5. The predicted molar refractivity (Wildman–Crippen MR) is 66.9 cm³/mol. The average Bonchev–Trinajstić information content (AvgIpc) is 3.00. The summed E-state index contributed by atoms with van der Waals surface area (Å²) in [5, 5.41) is 0. The first-order valence-electron chi connectivity index (χ1n) is 5.46. The number of ether oxygens (including phenoxy) is 1. The summed E-state index contributed by atoms with van der Waals surface area (Å²) in [6, 6.07) is 6.35. The van der Waals surface area contributed by atoms with Crippen molar-refractivity contribution in [2.24, 2.45) is 5.41 Å². The number of hydrogen-bond acceptors (Lipinski definition) is 2. The van der Waals surface area contributed by atoms with Crippen molar-refractivity contribution in [1.82, 2.24) is 0 Å². The molecule has 0 saturated heterocycles. The van der Waals surface area contributed by atoms with Crippen LogP contribution < -0.4 is 4.74 Å². The lowest BCUT2D eigenvalue weighted by Crippen LogP contribution is -2.15. The van der Waals surface area contributed by atoms with Gasteiger partial charge >= 0.3 is 0 Å². The van der Waals surface area contributed by atoms with E-state index in [9.17, 15) is 0 Å². The molecule has 1 nitrogen and oxygen atoms in total. The Bertz CT molecular complexity index is 356. The first kappa shape index (κ1) is 10.9. The van der Waals surface area contributed by atoms with Gasteiger partial charge in [0.2, 0.25) is 0 Å². The minimum atomic E-state index is 0.374. The molecule has 0 heterocycles. The van der Waals surface area contributed by atoms with Crippen LogP contribution in [0, 0.1) is 19.3 Å². The van der Waals surface area contributed by atoms with Gasteiger partial charge in [0.1, 0.15) is 5.75 Å². The molecule has 2 rings (SSSR count). The fraction of sp³-hybridized carbons (Fsp3) is 0.538. The lowest BCUT2D eigenvalue weighted by atomic mass is 10.1. The number of rotatable bonds is 4. The maximum Gasteiger partial charge on any atom is 0.122 e. The van der Waals surface area contributed by atoms with Crippen LogP contribution in [0.5, 0.6) is 5.75 Å². The van der Waals surface area contributed by atoms with Gasteiger partial charge in [-0.1, -0.05) is 12.1 Å². The largest absolute Gasteiger partial charge is 0.493 e. The van der Waals surface area contributed by atoms with E-state index in [-0.39, 0.29) is 0 Å². The number of benzene rings is 1. The first-order chi connectivity index (χ1) is 7.15. The van der Waals surface area contributed by atoms with Gasteiger partial charge in [-0.2, -0.15) is 12.6 Å². The van der Waals surface area contributed by atoms with Crippen molar-refractivity contribution in [3.05, 3.63) is 29.3 Å². The summed E-state index contributed by atoms with van der Waals surface area (Å²) in [6.07, 6.45) is 2.53. The van der Waals surface area contributed by atoms with E-state index in [0.29, 0.717) is 5.41 Å². The van der Waals surface area contributed by atoms with Gasteiger partial charge in [0.15, 0.2) is 0 Å². The average molecular weight is 222 g/mol. The Balaban J connectivity index is 2.01. The second kappa shape index (κ2) is 4.09. The molecule has 82 valence electrons. The van der Waals surface area contributed by atoms with Gasteiger partial charge < -0.3 is 4.74 Å². The Hall–Kier alpha value is -0.630. The van der Waals surface area contributed by atoms with Crippen molar-refractivity contribution in [1.29, 1.82) is 0 Å². The smallest absolute Gasteiger partial charge is 0.122 e.